The summed E-state index contributed by atoms with van der Waals surface area (Å²) >= 11 is 5.48. The molecule has 0 bridgehead atoms. The van der Waals surface area contributed by atoms with Crippen LogP contribution in [0.1, 0.15) is 19.8 Å². The van der Waals surface area contributed by atoms with Crippen molar-refractivity contribution in [1.29, 1.82) is 0 Å². The molecule has 19 heavy (non-hydrogen) atoms. The molecule has 0 aliphatic heterocycles. The maximum atomic E-state index is 12.1. The van der Waals surface area contributed by atoms with E-state index in [1.54, 1.807) is 0 Å². The van der Waals surface area contributed by atoms with Crippen LogP contribution in [-0.4, -0.2) is 19.5 Å². The summed E-state index contributed by atoms with van der Waals surface area (Å²) in [5.74, 6) is 1.35. The van der Waals surface area contributed by atoms with Crippen molar-refractivity contribution in [3.05, 3.63) is 23.1 Å². The highest BCUT2D eigenvalue weighted by molar-refractivity contribution is 6.29. The first-order valence-corrected chi connectivity index (χ1v) is 6.85. The molecule has 0 heterocycles. The topological polar surface area (TPSA) is 93.2 Å². The van der Waals surface area contributed by atoms with Crippen molar-refractivity contribution >= 4 is 17.5 Å². The van der Waals surface area contributed by atoms with E-state index in [4.69, 9.17) is 23.1 Å². The summed E-state index contributed by atoms with van der Waals surface area (Å²) in [7, 11) is 1.93. The van der Waals surface area contributed by atoms with Gasteiger partial charge >= 0.3 is 0 Å². The van der Waals surface area contributed by atoms with Gasteiger partial charge in [0.25, 0.3) is 0 Å². The van der Waals surface area contributed by atoms with Crippen molar-refractivity contribution < 1.29 is 4.79 Å². The second-order valence-electron chi connectivity index (χ2n) is 5.13. The van der Waals surface area contributed by atoms with Gasteiger partial charge in [-0.1, -0.05) is 18.5 Å². The molecule has 0 aromatic heterocycles. The van der Waals surface area contributed by atoms with Crippen LogP contribution in [-0.2, 0) is 4.79 Å². The predicted octanol–water partition coefficient (Wildman–Crippen LogP) is 0.823. The minimum atomic E-state index is -0.0271. The van der Waals surface area contributed by atoms with Gasteiger partial charge in [-0.3, -0.25) is 4.79 Å². The monoisotopic (exact) mass is 286 g/mol. The molecule has 6 heteroatoms. The normalized spacial score (nSPS) is 28.5. The second-order valence-corrected chi connectivity index (χ2v) is 5.56. The van der Waals surface area contributed by atoms with E-state index in [9.17, 15) is 4.79 Å². The lowest BCUT2D eigenvalue weighted by molar-refractivity contribution is -0.124. The molecule has 0 aromatic carbocycles. The van der Waals surface area contributed by atoms with Crippen LogP contribution in [0, 0.1) is 17.8 Å². The fourth-order valence-electron chi connectivity index (χ4n) is 2.55. The first-order chi connectivity index (χ1) is 8.93. The fraction of sp³-hybridized carbons (Fsp3) is 0.615. The molecule has 0 radical (unpaired) electrons. The average Bonchev–Trinajstić information content (AvgIpc) is 2.69. The van der Waals surface area contributed by atoms with Gasteiger partial charge in [0.05, 0.1) is 5.16 Å². The molecule has 0 saturated heterocycles. The number of rotatable bonds is 5. The first-order valence-electron chi connectivity index (χ1n) is 6.48. The number of nitrogens with one attached hydrogen (secondary N) is 2. The number of hydrogen-bond donors (Lipinski definition) is 4. The standard InChI is InChI=1S/C13H23ClN4O/c1-8-5-9(6-10(8)7-17-2)13(19)18-12(16)4-3-11(14)15/h3-4,8-10,17H,5-7,15-16H2,1-2H3,(H,18,19)/b11-3-,12-4+. The third-order valence-corrected chi connectivity index (χ3v) is 3.70. The number of carbonyl (C=O) groups excluding carboxylic acids is 1. The minimum absolute atomic E-state index is 0.0256. The largest absolute Gasteiger partial charge is 0.389 e. The summed E-state index contributed by atoms with van der Waals surface area (Å²) in [5.41, 5.74) is 10.9. The van der Waals surface area contributed by atoms with Gasteiger partial charge in [0.1, 0.15) is 5.82 Å². The Morgan fingerprint density at radius 1 is 1.37 bits per heavy atom. The lowest BCUT2D eigenvalue weighted by Gasteiger charge is -2.13. The maximum absolute atomic E-state index is 12.1. The van der Waals surface area contributed by atoms with Crippen molar-refractivity contribution in [2.75, 3.05) is 13.6 Å². The maximum Gasteiger partial charge on any atom is 0.228 e. The Hall–Kier alpha value is -1.20. The van der Waals surface area contributed by atoms with Gasteiger partial charge in [-0.15, -0.1) is 0 Å². The van der Waals surface area contributed by atoms with Gasteiger partial charge in [-0.05, 0) is 50.4 Å². The second kappa shape index (κ2) is 7.40. The number of halogens is 1. The van der Waals surface area contributed by atoms with Crippen LogP contribution < -0.4 is 22.1 Å². The van der Waals surface area contributed by atoms with E-state index in [0.717, 1.165) is 19.4 Å². The van der Waals surface area contributed by atoms with Crippen molar-refractivity contribution in [2.45, 2.75) is 19.8 Å². The van der Waals surface area contributed by atoms with Crippen LogP contribution in [0.4, 0.5) is 0 Å². The quantitative estimate of drug-likeness (QED) is 0.445. The highest BCUT2D eigenvalue weighted by atomic mass is 35.5. The Morgan fingerprint density at radius 3 is 2.63 bits per heavy atom. The van der Waals surface area contributed by atoms with Crippen LogP contribution in [0.3, 0.4) is 0 Å². The molecule has 1 aliphatic carbocycles. The van der Waals surface area contributed by atoms with Crippen molar-refractivity contribution in [3.8, 4) is 0 Å². The zero-order valence-corrected chi connectivity index (χ0v) is 12.2. The van der Waals surface area contributed by atoms with E-state index in [-0.39, 0.29) is 22.8 Å². The third-order valence-electron chi connectivity index (χ3n) is 3.58. The minimum Gasteiger partial charge on any atom is -0.389 e. The van der Waals surface area contributed by atoms with E-state index in [2.05, 4.69) is 17.6 Å². The van der Waals surface area contributed by atoms with Gasteiger partial charge in [-0.25, -0.2) is 0 Å². The van der Waals surface area contributed by atoms with Gasteiger partial charge in [0, 0.05) is 5.92 Å². The molecule has 5 nitrogen and oxygen atoms in total. The molecule has 0 spiro atoms. The summed E-state index contributed by atoms with van der Waals surface area (Å²) < 4.78 is 0. The fourth-order valence-corrected chi connectivity index (χ4v) is 2.61. The van der Waals surface area contributed by atoms with Crippen molar-refractivity contribution in [1.82, 2.24) is 10.6 Å². The Bertz CT molecular complexity index is 377. The highest BCUT2D eigenvalue weighted by Gasteiger charge is 2.34. The van der Waals surface area contributed by atoms with E-state index in [0.29, 0.717) is 11.8 Å². The molecule has 1 rings (SSSR count). The van der Waals surface area contributed by atoms with Crippen molar-refractivity contribution in [2.24, 2.45) is 29.2 Å². The molecule has 3 atom stereocenters. The number of hydrogen-bond acceptors (Lipinski definition) is 4. The number of carbonyl (C=O) groups is 1. The highest BCUT2D eigenvalue weighted by Crippen LogP contribution is 2.35. The van der Waals surface area contributed by atoms with E-state index >= 15 is 0 Å². The zero-order chi connectivity index (χ0) is 14.4. The molecule has 1 amide bonds. The summed E-state index contributed by atoms with van der Waals surface area (Å²) in [4.78, 5) is 12.1. The Labute approximate surface area is 119 Å². The van der Waals surface area contributed by atoms with E-state index in [1.807, 2.05) is 7.05 Å². The van der Waals surface area contributed by atoms with Gasteiger partial charge in [0.2, 0.25) is 5.91 Å². The summed E-state index contributed by atoms with van der Waals surface area (Å²) in [6.07, 6.45) is 4.73. The molecule has 3 unspecified atom stereocenters. The summed E-state index contributed by atoms with van der Waals surface area (Å²) in [6, 6.07) is 0. The average molecular weight is 287 g/mol. The number of amides is 1. The molecule has 1 fully saturated rings. The smallest absolute Gasteiger partial charge is 0.228 e. The van der Waals surface area contributed by atoms with Gasteiger partial charge in [0.15, 0.2) is 0 Å². The van der Waals surface area contributed by atoms with Crippen LogP contribution in [0.5, 0.6) is 0 Å². The molecule has 1 saturated carbocycles. The molecular weight excluding hydrogens is 264 g/mol. The predicted molar refractivity (Wildman–Crippen MR) is 77.8 cm³/mol. The first kappa shape index (κ1) is 15.9. The lowest BCUT2D eigenvalue weighted by atomic mass is 9.98. The molecule has 0 aromatic rings. The van der Waals surface area contributed by atoms with Crippen LogP contribution in [0.25, 0.3) is 0 Å². The number of allylic oxidation sites excluding steroid dienone is 2. The molecule has 6 N–H and O–H groups in total. The summed E-state index contributed by atoms with van der Waals surface area (Å²) in [5, 5.41) is 5.98. The Morgan fingerprint density at radius 2 is 2.05 bits per heavy atom. The number of nitrogens with two attached hydrogens (primary N) is 2. The molecule has 108 valence electrons. The van der Waals surface area contributed by atoms with E-state index < -0.39 is 0 Å². The molecular formula is C13H23ClN4O. The lowest BCUT2D eigenvalue weighted by Crippen LogP contribution is -2.32. The third kappa shape index (κ3) is 5.12. The van der Waals surface area contributed by atoms with Gasteiger partial charge < -0.3 is 22.1 Å². The van der Waals surface area contributed by atoms with Crippen LogP contribution >= 0.6 is 11.6 Å². The van der Waals surface area contributed by atoms with E-state index in [1.165, 1.54) is 12.2 Å². The zero-order valence-electron chi connectivity index (χ0n) is 11.4. The Kier molecular flexibility index (Phi) is 6.18. The van der Waals surface area contributed by atoms with Crippen LogP contribution in [0.2, 0.25) is 0 Å². The summed E-state index contributed by atoms with van der Waals surface area (Å²) in [6.45, 7) is 3.13. The molecule has 1 aliphatic rings. The SMILES string of the molecule is CNCC1CC(C(=O)N/C(N)=C/C=C(\N)Cl)CC1C. The van der Waals surface area contributed by atoms with Crippen molar-refractivity contribution in [3.63, 3.8) is 0 Å². The van der Waals surface area contributed by atoms with Crippen LogP contribution in [0.15, 0.2) is 23.1 Å². The Balaban J connectivity index is 2.51. The van der Waals surface area contributed by atoms with Gasteiger partial charge in [-0.2, -0.15) is 0 Å².